The zero-order valence-corrected chi connectivity index (χ0v) is 10.9. The summed E-state index contributed by atoms with van der Waals surface area (Å²) in [4.78, 5) is 17.9. The zero-order chi connectivity index (χ0) is 15.6. The molecule has 0 spiro atoms. The second kappa shape index (κ2) is 5.47. The number of nitrogens with one attached hydrogen (secondary N) is 1. The summed E-state index contributed by atoms with van der Waals surface area (Å²) in [5.41, 5.74) is -0.240. The van der Waals surface area contributed by atoms with Crippen LogP contribution in [0.5, 0.6) is 11.6 Å². The van der Waals surface area contributed by atoms with Crippen LogP contribution in [0.2, 0.25) is 0 Å². The fourth-order valence-corrected chi connectivity index (χ4v) is 1.78. The Morgan fingerprint density at radius 3 is 2.67 bits per heavy atom. The number of aromatic hydroxyl groups is 1. The first-order chi connectivity index (χ1) is 9.80. The van der Waals surface area contributed by atoms with E-state index in [1.165, 1.54) is 12.1 Å². The number of hydrogen-bond donors (Lipinski definition) is 2. The van der Waals surface area contributed by atoms with Gasteiger partial charge in [-0.3, -0.25) is 4.79 Å². The van der Waals surface area contributed by atoms with Crippen molar-refractivity contribution < 1.29 is 23.0 Å². The fourth-order valence-electron chi connectivity index (χ4n) is 1.78. The van der Waals surface area contributed by atoms with Crippen molar-refractivity contribution in [2.24, 2.45) is 0 Å². The van der Waals surface area contributed by atoms with E-state index in [9.17, 15) is 23.1 Å². The molecular formula is C13H11F3N2O3. The van der Waals surface area contributed by atoms with Crippen LogP contribution in [0.4, 0.5) is 13.2 Å². The van der Waals surface area contributed by atoms with Gasteiger partial charge in [0.25, 0.3) is 5.56 Å². The van der Waals surface area contributed by atoms with Gasteiger partial charge in [-0.2, -0.15) is 4.98 Å². The Labute approximate surface area is 117 Å². The second-order valence-electron chi connectivity index (χ2n) is 4.15. The summed E-state index contributed by atoms with van der Waals surface area (Å²) in [7, 11) is 0. The average molecular weight is 300 g/mol. The van der Waals surface area contributed by atoms with Gasteiger partial charge in [0.05, 0.1) is 5.56 Å². The molecule has 0 radical (unpaired) electrons. The van der Waals surface area contributed by atoms with Crippen molar-refractivity contribution in [3.63, 3.8) is 0 Å². The highest BCUT2D eigenvalue weighted by atomic mass is 19.4. The van der Waals surface area contributed by atoms with E-state index in [2.05, 4.69) is 14.7 Å². The first-order valence-corrected chi connectivity index (χ1v) is 5.98. The predicted octanol–water partition coefficient (Wildman–Crippen LogP) is 2.60. The van der Waals surface area contributed by atoms with Crippen molar-refractivity contribution in [2.75, 3.05) is 0 Å². The number of hydrogen-bond acceptors (Lipinski definition) is 4. The van der Waals surface area contributed by atoms with Crippen molar-refractivity contribution in [1.29, 1.82) is 0 Å². The highest BCUT2D eigenvalue weighted by Gasteiger charge is 2.31. The Bertz CT molecular complexity index is 711. The van der Waals surface area contributed by atoms with E-state index in [0.717, 1.165) is 12.1 Å². The Kier molecular flexibility index (Phi) is 3.88. The third kappa shape index (κ3) is 3.53. The molecule has 0 fully saturated rings. The maximum Gasteiger partial charge on any atom is 0.573 e. The minimum absolute atomic E-state index is 0.0395. The maximum absolute atomic E-state index is 12.2. The molecule has 1 heterocycles. The largest absolute Gasteiger partial charge is 0.573 e. The molecule has 0 atom stereocenters. The molecule has 0 bridgehead atoms. The van der Waals surface area contributed by atoms with Gasteiger partial charge < -0.3 is 14.8 Å². The molecule has 0 aliphatic rings. The number of alkyl halides is 3. The molecule has 2 rings (SSSR count). The molecular weight excluding hydrogens is 289 g/mol. The zero-order valence-electron chi connectivity index (χ0n) is 10.9. The van der Waals surface area contributed by atoms with Crippen LogP contribution >= 0.6 is 0 Å². The van der Waals surface area contributed by atoms with Gasteiger partial charge in [0.1, 0.15) is 11.6 Å². The van der Waals surface area contributed by atoms with Gasteiger partial charge >= 0.3 is 6.36 Å². The van der Waals surface area contributed by atoms with Crippen LogP contribution in [0.3, 0.4) is 0 Å². The van der Waals surface area contributed by atoms with E-state index >= 15 is 0 Å². The SMILES string of the molecule is CCc1c(O)nc(-c2cccc(OC(F)(F)F)c2)[nH]c1=O. The van der Waals surface area contributed by atoms with Crippen LogP contribution in [-0.4, -0.2) is 21.4 Å². The first kappa shape index (κ1) is 14.9. The molecule has 0 saturated heterocycles. The summed E-state index contributed by atoms with van der Waals surface area (Å²) in [6.45, 7) is 1.67. The lowest BCUT2D eigenvalue weighted by Gasteiger charge is -2.10. The van der Waals surface area contributed by atoms with Gasteiger partial charge in [0, 0.05) is 5.56 Å². The highest BCUT2D eigenvalue weighted by molar-refractivity contribution is 5.58. The molecule has 8 heteroatoms. The highest BCUT2D eigenvalue weighted by Crippen LogP contribution is 2.26. The maximum atomic E-state index is 12.2. The van der Waals surface area contributed by atoms with E-state index in [-0.39, 0.29) is 23.4 Å². The minimum Gasteiger partial charge on any atom is -0.493 e. The van der Waals surface area contributed by atoms with Crippen molar-refractivity contribution in [1.82, 2.24) is 9.97 Å². The summed E-state index contributed by atoms with van der Waals surface area (Å²) in [6.07, 6.45) is -4.53. The molecule has 1 aromatic carbocycles. The first-order valence-electron chi connectivity index (χ1n) is 5.98. The van der Waals surface area contributed by atoms with Gasteiger partial charge in [0.2, 0.25) is 5.88 Å². The summed E-state index contributed by atoms with van der Waals surface area (Å²) < 4.78 is 40.3. The van der Waals surface area contributed by atoms with Crippen molar-refractivity contribution in [2.45, 2.75) is 19.7 Å². The molecule has 1 aromatic heterocycles. The van der Waals surface area contributed by atoms with Gasteiger partial charge in [-0.15, -0.1) is 13.2 Å². The number of aromatic nitrogens is 2. The van der Waals surface area contributed by atoms with Crippen LogP contribution in [0.1, 0.15) is 12.5 Å². The van der Waals surface area contributed by atoms with Crippen molar-refractivity contribution in [3.05, 3.63) is 40.2 Å². The number of halogens is 3. The van der Waals surface area contributed by atoms with Gasteiger partial charge in [-0.25, -0.2) is 0 Å². The molecule has 2 aromatic rings. The predicted molar refractivity (Wildman–Crippen MR) is 68.0 cm³/mol. The Morgan fingerprint density at radius 1 is 1.38 bits per heavy atom. The Balaban J connectivity index is 2.43. The van der Waals surface area contributed by atoms with E-state index in [0.29, 0.717) is 0 Å². The third-order valence-corrected chi connectivity index (χ3v) is 2.69. The summed E-state index contributed by atoms with van der Waals surface area (Å²) in [5, 5.41) is 9.65. The summed E-state index contributed by atoms with van der Waals surface area (Å²) in [5.74, 6) is -0.928. The average Bonchev–Trinajstić information content (AvgIpc) is 2.36. The van der Waals surface area contributed by atoms with Crippen LogP contribution in [0, 0.1) is 0 Å². The quantitative estimate of drug-likeness (QED) is 0.913. The number of H-pyrrole nitrogens is 1. The number of benzene rings is 1. The Morgan fingerprint density at radius 2 is 2.10 bits per heavy atom. The summed E-state index contributed by atoms with van der Waals surface area (Å²) >= 11 is 0. The number of nitrogens with zero attached hydrogens (tertiary/aromatic N) is 1. The fraction of sp³-hybridized carbons (Fsp3) is 0.231. The molecule has 0 aliphatic carbocycles. The molecule has 0 aliphatic heterocycles. The third-order valence-electron chi connectivity index (χ3n) is 2.69. The second-order valence-corrected chi connectivity index (χ2v) is 4.15. The van der Waals surface area contributed by atoms with Gasteiger partial charge in [0.15, 0.2) is 0 Å². The van der Waals surface area contributed by atoms with Crippen LogP contribution in [-0.2, 0) is 6.42 Å². The van der Waals surface area contributed by atoms with Crippen molar-refractivity contribution >= 4 is 0 Å². The standard InChI is InChI=1S/C13H11F3N2O3/c1-2-9-11(19)17-10(18-12(9)20)7-4-3-5-8(6-7)21-13(14,15)16/h3-6H,2H2,1H3,(H2,17,18,19,20). The normalized spacial score (nSPS) is 11.4. The lowest BCUT2D eigenvalue weighted by Crippen LogP contribution is -2.17. The molecule has 21 heavy (non-hydrogen) atoms. The van der Waals surface area contributed by atoms with E-state index in [4.69, 9.17) is 0 Å². The van der Waals surface area contributed by atoms with E-state index in [1.807, 2.05) is 0 Å². The smallest absolute Gasteiger partial charge is 0.493 e. The monoisotopic (exact) mass is 300 g/mol. The Hall–Kier alpha value is -2.51. The molecule has 0 saturated carbocycles. The topological polar surface area (TPSA) is 75.2 Å². The van der Waals surface area contributed by atoms with Crippen LogP contribution in [0.25, 0.3) is 11.4 Å². The minimum atomic E-state index is -4.81. The van der Waals surface area contributed by atoms with E-state index in [1.54, 1.807) is 6.92 Å². The lowest BCUT2D eigenvalue weighted by molar-refractivity contribution is -0.274. The van der Waals surface area contributed by atoms with Crippen LogP contribution < -0.4 is 10.3 Å². The molecule has 0 amide bonds. The molecule has 5 nitrogen and oxygen atoms in total. The van der Waals surface area contributed by atoms with Gasteiger partial charge in [-0.1, -0.05) is 19.1 Å². The molecule has 112 valence electrons. The van der Waals surface area contributed by atoms with E-state index < -0.39 is 23.6 Å². The number of ether oxygens (including phenoxy) is 1. The van der Waals surface area contributed by atoms with Gasteiger partial charge in [-0.05, 0) is 18.6 Å². The summed E-state index contributed by atoms with van der Waals surface area (Å²) in [6, 6.07) is 4.94. The molecule has 0 unspecified atom stereocenters. The lowest BCUT2D eigenvalue weighted by atomic mass is 10.2. The van der Waals surface area contributed by atoms with Crippen molar-refractivity contribution in [3.8, 4) is 23.0 Å². The number of rotatable bonds is 3. The molecule has 2 N–H and O–H groups in total. The van der Waals surface area contributed by atoms with Crippen LogP contribution in [0.15, 0.2) is 29.1 Å². The number of aromatic amines is 1.